The minimum Gasteiger partial charge on any atom is -0.390 e. The third-order valence-electron chi connectivity index (χ3n) is 6.49. The van der Waals surface area contributed by atoms with Gasteiger partial charge >= 0.3 is 0 Å². The zero-order valence-electron chi connectivity index (χ0n) is 20.1. The first-order chi connectivity index (χ1) is 17.2. The second-order valence-electron chi connectivity index (χ2n) is 9.00. The van der Waals surface area contributed by atoms with E-state index in [1.807, 2.05) is 41.2 Å². The van der Waals surface area contributed by atoms with E-state index in [1.165, 1.54) is 5.56 Å². The predicted octanol–water partition coefficient (Wildman–Crippen LogP) is 3.61. The molecule has 0 aliphatic carbocycles. The summed E-state index contributed by atoms with van der Waals surface area (Å²) in [5.74, 6) is 0.674. The van der Waals surface area contributed by atoms with Crippen LogP contribution in [0.1, 0.15) is 42.8 Å². The molecule has 1 aliphatic heterocycles. The summed E-state index contributed by atoms with van der Waals surface area (Å²) in [6, 6.07) is 15.9. The molecular weight excluding hydrogens is 440 g/mol. The molecule has 4 aromatic rings. The number of rotatable bonds is 8. The number of fused-ring (bicyclic) bond motifs is 1. The first-order valence-electron chi connectivity index (χ1n) is 12.3. The normalized spacial score (nSPS) is 15.5. The summed E-state index contributed by atoms with van der Waals surface area (Å²) in [5, 5.41) is 15.3. The quantitative estimate of drug-likeness (QED) is 0.404. The van der Waals surface area contributed by atoms with Crippen LogP contribution in [0.25, 0.3) is 28.0 Å². The van der Waals surface area contributed by atoms with Crippen LogP contribution < -0.4 is 5.73 Å². The third-order valence-corrected chi connectivity index (χ3v) is 6.49. The number of ether oxygens (including phenoxy) is 1. The molecule has 1 aromatic carbocycles. The summed E-state index contributed by atoms with van der Waals surface area (Å²) < 4.78 is 7.39. The van der Waals surface area contributed by atoms with Gasteiger partial charge in [-0.05, 0) is 48.4 Å². The van der Waals surface area contributed by atoms with Crippen LogP contribution in [0, 0.1) is 0 Å². The Labute approximate surface area is 205 Å². The van der Waals surface area contributed by atoms with Crippen molar-refractivity contribution in [3.05, 3.63) is 71.7 Å². The molecule has 8 nitrogen and oxygen atoms in total. The highest BCUT2D eigenvalue weighted by atomic mass is 16.5. The Balaban J connectivity index is 1.62. The molecule has 1 saturated heterocycles. The van der Waals surface area contributed by atoms with E-state index in [-0.39, 0.29) is 12.6 Å². The van der Waals surface area contributed by atoms with Gasteiger partial charge in [0, 0.05) is 36.6 Å². The van der Waals surface area contributed by atoms with E-state index in [4.69, 9.17) is 15.5 Å². The topological polar surface area (TPSA) is 102 Å². The molecule has 182 valence electrons. The van der Waals surface area contributed by atoms with Crippen LogP contribution in [0.5, 0.6) is 0 Å². The Kier molecular flexibility index (Phi) is 7.15. The number of hydrogen-bond acceptors (Lipinski definition) is 7. The zero-order valence-corrected chi connectivity index (χ0v) is 20.1. The van der Waals surface area contributed by atoms with E-state index < -0.39 is 0 Å². The van der Waals surface area contributed by atoms with Crippen LogP contribution in [-0.4, -0.2) is 56.1 Å². The van der Waals surface area contributed by atoms with E-state index in [9.17, 15) is 5.11 Å². The molecule has 5 rings (SSSR count). The fourth-order valence-corrected chi connectivity index (χ4v) is 4.61. The predicted molar refractivity (Wildman–Crippen MR) is 136 cm³/mol. The Morgan fingerprint density at radius 2 is 1.91 bits per heavy atom. The van der Waals surface area contributed by atoms with Gasteiger partial charge < -0.3 is 15.6 Å². The van der Waals surface area contributed by atoms with Gasteiger partial charge in [0.1, 0.15) is 0 Å². The molecule has 3 N–H and O–H groups in total. The third kappa shape index (κ3) is 5.11. The number of morpholine rings is 1. The molecule has 1 aliphatic rings. The first kappa shape index (κ1) is 23.6. The number of aromatic nitrogens is 4. The number of hydrogen-bond donors (Lipinski definition) is 2. The van der Waals surface area contributed by atoms with E-state index >= 15 is 0 Å². The molecule has 1 fully saturated rings. The van der Waals surface area contributed by atoms with Crippen LogP contribution in [0.15, 0.2) is 54.7 Å². The van der Waals surface area contributed by atoms with Crippen LogP contribution in [0.4, 0.5) is 0 Å². The van der Waals surface area contributed by atoms with E-state index in [0.717, 1.165) is 73.5 Å². The van der Waals surface area contributed by atoms with Crippen molar-refractivity contribution in [2.45, 2.75) is 39.0 Å². The highest BCUT2D eigenvalue weighted by molar-refractivity contribution is 5.88. The molecule has 3 aromatic heterocycles. The zero-order chi connectivity index (χ0) is 24.2. The second kappa shape index (κ2) is 10.6. The molecule has 0 spiro atoms. The van der Waals surface area contributed by atoms with Gasteiger partial charge in [0.25, 0.3) is 0 Å². The first-order valence-corrected chi connectivity index (χ1v) is 12.3. The summed E-state index contributed by atoms with van der Waals surface area (Å²) in [6.07, 6.45) is 3.82. The van der Waals surface area contributed by atoms with Crippen molar-refractivity contribution in [3.8, 4) is 17.1 Å². The van der Waals surface area contributed by atoms with Gasteiger partial charge in [-0.2, -0.15) is 5.10 Å². The highest BCUT2D eigenvalue weighted by Crippen LogP contribution is 2.30. The van der Waals surface area contributed by atoms with Crippen molar-refractivity contribution in [2.24, 2.45) is 5.73 Å². The van der Waals surface area contributed by atoms with Crippen molar-refractivity contribution in [2.75, 3.05) is 26.3 Å². The molecule has 1 atom stereocenters. The Morgan fingerprint density at radius 1 is 1.09 bits per heavy atom. The van der Waals surface area contributed by atoms with Gasteiger partial charge in [-0.15, -0.1) is 0 Å². The molecule has 0 radical (unpaired) electrons. The van der Waals surface area contributed by atoms with E-state index in [0.29, 0.717) is 11.5 Å². The van der Waals surface area contributed by atoms with E-state index in [1.54, 1.807) is 6.07 Å². The lowest BCUT2D eigenvalue weighted by Gasteiger charge is -2.27. The maximum atomic E-state index is 9.57. The van der Waals surface area contributed by atoms with Crippen molar-refractivity contribution in [1.29, 1.82) is 0 Å². The number of benzene rings is 1. The Morgan fingerprint density at radius 3 is 2.71 bits per heavy atom. The monoisotopic (exact) mass is 472 g/mol. The number of nitrogens with zero attached hydrogens (tertiary/aromatic N) is 5. The summed E-state index contributed by atoms with van der Waals surface area (Å²) in [5.41, 5.74) is 12.0. The standard InChI is InChI=1S/C27H32N6O2/c1-2-5-23(28)25-8-4-7-24(31-25)19-14-20(17-32-10-12-35-13-11-32)22-16-29-33(26(22)15-19)27-9-3-6-21(18-34)30-27/h3-4,6-9,14-16,23,34H,2,5,10-13,17-18,28H2,1H3/t23-/m0/s1. The molecular formula is C27H32N6O2. The van der Waals surface area contributed by atoms with Crippen LogP contribution in [-0.2, 0) is 17.9 Å². The fraction of sp³-hybridized carbons (Fsp3) is 0.370. The Hall–Kier alpha value is -3.17. The van der Waals surface area contributed by atoms with Gasteiger partial charge in [-0.1, -0.05) is 25.5 Å². The molecule has 0 saturated carbocycles. The van der Waals surface area contributed by atoms with Crippen LogP contribution in [0.2, 0.25) is 0 Å². The lowest BCUT2D eigenvalue weighted by Crippen LogP contribution is -2.35. The summed E-state index contributed by atoms with van der Waals surface area (Å²) in [6.45, 7) is 6.13. The molecule has 0 amide bonds. The minimum atomic E-state index is -0.116. The van der Waals surface area contributed by atoms with Crippen LogP contribution in [0.3, 0.4) is 0 Å². The second-order valence-corrected chi connectivity index (χ2v) is 9.00. The fourth-order valence-electron chi connectivity index (χ4n) is 4.61. The van der Waals surface area contributed by atoms with Gasteiger partial charge in [0.05, 0.1) is 48.6 Å². The Bertz CT molecular complexity index is 1300. The number of aliphatic hydroxyl groups is 1. The lowest BCUT2D eigenvalue weighted by atomic mass is 10.0. The van der Waals surface area contributed by atoms with Gasteiger partial charge in [0.2, 0.25) is 0 Å². The maximum Gasteiger partial charge on any atom is 0.154 e. The van der Waals surface area contributed by atoms with Gasteiger partial charge in [-0.25, -0.2) is 9.67 Å². The molecule has 8 heteroatoms. The molecule has 0 bridgehead atoms. The highest BCUT2D eigenvalue weighted by Gasteiger charge is 2.18. The van der Waals surface area contributed by atoms with Crippen molar-refractivity contribution < 1.29 is 9.84 Å². The maximum absolute atomic E-state index is 9.57. The molecule has 4 heterocycles. The smallest absolute Gasteiger partial charge is 0.154 e. The minimum absolute atomic E-state index is 0.0764. The SMILES string of the molecule is CCC[C@H](N)c1cccc(-c2cc(CN3CCOCC3)c3cnn(-c4cccc(CO)n4)c3c2)n1. The van der Waals surface area contributed by atoms with Gasteiger partial charge in [-0.3, -0.25) is 9.88 Å². The molecule has 0 unspecified atom stereocenters. The number of aliphatic hydroxyl groups excluding tert-OH is 1. The lowest BCUT2D eigenvalue weighted by molar-refractivity contribution is 0.0344. The average Bonchev–Trinajstić information content (AvgIpc) is 3.34. The van der Waals surface area contributed by atoms with Crippen molar-refractivity contribution >= 4 is 10.9 Å². The van der Waals surface area contributed by atoms with Crippen molar-refractivity contribution in [1.82, 2.24) is 24.6 Å². The largest absolute Gasteiger partial charge is 0.390 e. The molecule has 35 heavy (non-hydrogen) atoms. The number of nitrogens with two attached hydrogens (primary N) is 1. The van der Waals surface area contributed by atoms with Crippen LogP contribution >= 0.6 is 0 Å². The summed E-state index contributed by atoms with van der Waals surface area (Å²) >= 11 is 0. The van der Waals surface area contributed by atoms with E-state index in [2.05, 4.69) is 34.0 Å². The number of pyridine rings is 2. The van der Waals surface area contributed by atoms with Crippen molar-refractivity contribution in [3.63, 3.8) is 0 Å². The average molecular weight is 473 g/mol. The summed E-state index contributed by atoms with van der Waals surface area (Å²) in [4.78, 5) is 11.9. The van der Waals surface area contributed by atoms with Gasteiger partial charge in [0.15, 0.2) is 5.82 Å². The summed E-state index contributed by atoms with van der Waals surface area (Å²) in [7, 11) is 0.